The Bertz CT molecular complexity index is 4880. The van der Waals surface area contributed by atoms with Crippen molar-refractivity contribution in [3.63, 3.8) is 0 Å². The van der Waals surface area contributed by atoms with E-state index in [1.54, 1.807) is 0 Å². The molecule has 362 valence electrons. The molecule has 2 aromatic heterocycles. The quantitative estimate of drug-likeness (QED) is 0.175. The van der Waals surface area contributed by atoms with E-state index in [0.29, 0.717) is 0 Å². The van der Waals surface area contributed by atoms with Crippen LogP contribution in [-0.4, -0.2) is 9.13 Å². The topological polar surface area (TPSA) is 9.86 Å². The zero-order chi connectivity index (χ0) is 50.8. The lowest BCUT2D eigenvalue weighted by Crippen LogP contribution is -2.38. The van der Waals surface area contributed by atoms with Crippen molar-refractivity contribution >= 4 is 67.1 Å². The first-order valence-electron chi connectivity index (χ1n) is 27.0. The zero-order valence-corrected chi connectivity index (χ0v) is 43.7. The molecule has 1 atom stereocenters. The zero-order valence-electron chi connectivity index (χ0n) is 42.1. The van der Waals surface area contributed by atoms with Crippen molar-refractivity contribution in [2.24, 2.45) is 0 Å². The van der Waals surface area contributed by atoms with Gasteiger partial charge in [0.15, 0.2) is 0 Å². The maximum atomic E-state index is 2.58. The van der Waals surface area contributed by atoms with Crippen LogP contribution in [0.5, 0.6) is 0 Å². The Morgan fingerprint density at radius 2 is 0.731 bits per heavy atom. The molecule has 78 heavy (non-hydrogen) atoms. The molecule has 0 radical (unpaired) electrons. The number of aromatic nitrogens is 2. The molecule has 18 rings (SSSR count). The van der Waals surface area contributed by atoms with Crippen molar-refractivity contribution in [1.82, 2.24) is 9.13 Å². The molecule has 2 spiro atoms. The number of benzene rings is 12. The summed E-state index contributed by atoms with van der Waals surface area (Å²) < 4.78 is 5.14. The fourth-order valence-electron chi connectivity index (χ4n) is 14.8. The fourth-order valence-corrected chi connectivity index (χ4v) is 17.3. The van der Waals surface area contributed by atoms with E-state index < -0.39 is 10.8 Å². The van der Waals surface area contributed by atoms with Crippen LogP contribution in [0.15, 0.2) is 287 Å². The average Bonchev–Trinajstić information content (AvgIpc) is 4.03. The summed E-state index contributed by atoms with van der Waals surface area (Å²) in [5.74, 6) is 0. The van der Waals surface area contributed by atoms with Gasteiger partial charge in [0, 0.05) is 41.1 Å². The van der Waals surface area contributed by atoms with Gasteiger partial charge < -0.3 is 9.13 Å². The Morgan fingerprint density at radius 3 is 1.40 bits per heavy atom. The highest BCUT2D eigenvalue weighted by molar-refractivity contribution is 8.00. The highest BCUT2D eigenvalue weighted by Crippen LogP contribution is 2.64. The Labute approximate surface area is 459 Å². The van der Waals surface area contributed by atoms with Crippen LogP contribution in [0.3, 0.4) is 0 Å². The smallest absolute Gasteiger partial charge is 0.0764 e. The third-order valence-electron chi connectivity index (χ3n) is 17.8. The highest BCUT2D eigenvalue weighted by atomic mass is 32.2. The molecule has 6 heterocycles. The summed E-state index contributed by atoms with van der Waals surface area (Å²) in [6.45, 7) is 0. The molecule has 0 saturated heterocycles. The third-order valence-corrected chi connectivity index (χ3v) is 20.2. The van der Waals surface area contributed by atoms with Crippen molar-refractivity contribution in [3.8, 4) is 44.8 Å². The summed E-state index contributed by atoms with van der Waals surface area (Å²) in [7, 11) is 0. The van der Waals surface area contributed by atoms with E-state index in [1.165, 1.54) is 152 Å². The second-order valence-electron chi connectivity index (χ2n) is 21.4. The molecule has 0 fully saturated rings. The molecule has 12 aromatic carbocycles. The molecular formula is C74H44N2S2. The van der Waals surface area contributed by atoms with E-state index in [0.717, 1.165) is 0 Å². The van der Waals surface area contributed by atoms with Gasteiger partial charge in [-0.25, -0.2) is 0 Å². The molecule has 1 unspecified atom stereocenters. The summed E-state index contributed by atoms with van der Waals surface area (Å²) >= 11 is 3.84. The molecule has 4 heteroatoms. The van der Waals surface area contributed by atoms with Gasteiger partial charge in [-0.3, -0.25) is 0 Å². The number of nitrogens with zero attached hydrogens (tertiary/aromatic N) is 2. The molecule has 2 nitrogen and oxygen atoms in total. The van der Waals surface area contributed by atoms with Crippen molar-refractivity contribution < 1.29 is 0 Å². The summed E-state index contributed by atoms with van der Waals surface area (Å²) in [6.07, 6.45) is 0. The number of rotatable bonds is 3. The minimum atomic E-state index is -0.697. The largest absolute Gasteiger partial charge is 0.309 e. The molecule has 0 amide bonds. The van der Waals surface area contributed by atoms with E-state index in [9.17, 15) is 0 Å². The molecule has 14 aromatic rings. The van der Waals surface area contributed by atoms with E-state index in [2.05, 4.69) is 276 Å². The standard InChI is InChI=1S/C74H44N2S2/c1-3-19-45(20-4-1)47-38-40-69-61(43-47)74(56-27-9-14-34-66(56)75-63-32-12-7-23-50(63)51-24-17-31-60(74)70(51)75)62-44-49(46-21-5-2-6-22-46)42-53(72(62)78-69)48-37-39-64-54(41-48)52-25-18-30-59-71(52)76(64)65-33-13-8-26-55(65)73(59)57-28-10-15-35-67(57)77-68-36-16-11-29-58(68)73/h1-44H. The van der Waals surface area contributed by atoms with Crippen molar-refractivity contribution in [2.45, 2.75) is 30.4 Å². The summed E-state index contributed by atoms with van der Waals surface area (Å²) in [5.41, 5.74) is 24.1. The lowest BCUT2D eigenvalue weighted by Gasteiger charge is -2.46. The number of hydrogen-bond acceptors (Lipinski definition) is 2. The lowest BCUT2D eigenvalue weighted by atomic mass is 9.62. The second-order valence-corrected chi connectivity index (χ2v) is 23.5. The Hall–Kier alpha value is -9.06. The van der Waals surface area contributed by atoms with Gasteiger partial charge in [0.1, 0.15) is 0 Å². The van der Waals surface area contributed by atoms with Crippen LogP contribution >= 0.6 is 23.5 Å². The Balaban J connectivity index is 0.960. The van der Waals surface area contributed by atoms with E-state index in [-0.39, 0.29) is 0 Å². The summed E-state index contributed by atoms with van der Waals surface area (Å²) in [6, 6.07) is 102. The molecule has 0 saturated carbocycles. The molecule has 0 bridgehead atoms. The van der Waals surface area contributed by atoms with Crippen molar-refractivity contribution in [2.75, 3.05) is 0 Å². The Morgan fingerprint density at radius 1 is 0.256 bits per heavy atom. The molecule has 0 N–H and O–H groups in total. The predicted molar refractivity (Wildman–Crippen MR) is 323 cm³/mol. The highest BCUT2D eigenvalue weighted by Gasteiger charge is 2.52. The van der Waals surface area contributed by atoms with Crippen LogP contribution in [0.1, 0.15) is 44.5 Å². The van der Waals surface area contributed by atoms with Gasteiger partial charge in [0.2, 0.25) is 0 Å². The van der Waals surface area contributed by atoms with Crippen molar-refractivity contribution in [3.05, 3.63) is 311 Å². The summed E-state index contributed by atoms with van der Waals surface area (Å²) in [4.78, 5) is 5.18. The van der Waals surface area contributed by atoms with Crippen LogP contribution in [0.2, 0.25) is 0 Å². The van der Waals surface area contributed by atoms with Crippen LogP contribution in [0, 0.1) is 0 Å². The third kappa shape index (κ3) is 5.41. The van der Waals surface area contributed by atoms with Gasteiger partial charge in [-0.1, -0.05) is 224 Å². The molecule has 4 aliphatic rings. The lowest BCUT2D eigenvalue weighted by molar-refractivity contribution is 0.689. The van der Waals surface area contributed by atoms with E-state index >= 15 is 0 Å². The minimum absolute atomic E-state index is 0.506. The van der Waals surface area contributed by atoms with Gasteiger partial charge in [-0.15, -0.1) is 0 Å². The van der Waals surface area contributed by atoms with Gasteiger partial charge >= 0.3 is 0 Å². The van der Waals surface area contributed by atoms with Crippen LogP contribution in [-0.2, 0) is 10.8 Å². The first-order chi connectivity index (χ1) is 38.7. The van der Waals surface area contributed by atoms with Crippen LogP contribution in [0.4, 0.5) is 0 Å². The average molecular weight is 1030 g/mol. The van der Waals surface area contributed by atoms with E-state index in [1.807, 2.05) is 23.5 Å². The van der Waals surface area contributed by atoms with Crippen LogP contribution < -0.4 is 0 Å². The second kappa shape index (κ2) is 15.8. The van der Waals surface area contributed by atoms with E-state index in [4.69, 9.17) is 0 Å². The van der Waals surface area contributed by atoms with Gasteiger partial charge in [0.05, 0.1) is 44.3 Å². The van der Waals surface area contributed by atoms with Gasteiger partial charge in [0.25, 0.3) is 0 Å². The van der Waals surface area contributed by atoms with Crippen molar-refractivity contribution in [1.29, 1.82) is 0 Å². The normalized spacial score (nSPS) is 15.7. The van der Waals surface area contributed by atoms with Gasteiger partial charge in [-0.05, 0) is 145 Å². The molecule has 4 aliphatic heterocycles. The van der Waals surface area contributed by atoms with Gasteiger partial charge in [-0.2, -0.15) is 0 Å². The number of para-hydroxylation sites is 5. The minimum Gasteiger partial charge on any atom is -0.309 e. The molecule has 0 aliphatic carbocycles. The monoisotopic (exact) mass is 1020 g/mol. The first-order valence-corrected chi connectivity index (χ1v) is 28.6. The Kier molecular flexibility index (Phi) is 8.71. The van der Waals surface area contributed by atoms with Crippen LogP contribution in [0.25, 0.3) is 88.4 Å². The first kappa shape index (κ1) is 43.1. The summed E-state index contributed by atoms with van der Waals surface area (Å²) in [5, 5.41) is 5.07. The molecular weight excluding hydrogens is 981 g/mol. The maximum absolute atomic E-state index is 2.58. The maximum Gasteiger partial charge on any atom is 0.0764 e. The number of hydrogen-bond donors (Lipinski definition) is 0. The number of fused-ring (bicyclic) bond motifs is 22. The SMILES string of the molecule is c1ccc(-c2ccc3c(c2)C2(c4ccccc4-n4c5ccccc5c5cccc2c54)c2cc(-c4ccccc4)cc(-c4ccc5c(c4)c4cccc6c4n5-c4ccccc4C64c5ccccc5Sc5ccccc54)c2S3)cc1. The fraction of sp³-hybridized carbons (Fsp3) is 0.0270. The predicted octanol–water partition coefficient (Wildman–Crippen LogP) is 19.2.